The topological polar surface area (TPSA) is 19.6 Å². The van der Waals surface area contributed by atoms with Crippen LogP contribution in [0.5, 0.6) is 0 Å². The van der Waals surface area contributed by atoms with Gasteiger partial charge in [0.1, 0.15) is 11.2 Å². The minimum atomic E-state index is 0.885. The lowest BCUT2D eigenvalue weighted by molar-refractivity contribution is 0.669. The second kappa shape index (κ2) is 15.6. The lowest BCUT2D eigenvalue weighted by atomic mass is 9.93. The van der Waals surface area contributed by atoms with Gasteiger partial charge < -0.3 is 14.2 Å². The summed E-state index contributed by atoms with van der Waals surface area (Å²) in [5, 5.41) is 4.66. The van der Waals surface area contributed by atoms with Gasteiger partial charge in [0.2, 0.25) is 0 Å². The molecule has 0 bridgehead atoms. The molecule has 0 aliphatic heterocycles. The number of para-hydroxylation sites is 3. The number of furan rings is 1. The van der Waals surface area contributed by atoms with Gasteiger partial charge >= 0.3 is 0 Å². The molecule has 1 aromatic heterocycles. The van der Waals surface area contributed by atoms with Gasteiger partial charge in [-0.05, 0) is 147 Å². The molecule has 0 aliphatic carbocycles. The summed E-state index contributed by atoms with van der Waals surface area (Å²) >= 11 is 0. The first-order chi connectivity index (χ1) is 30.2. The van der Waals surface area contributed by atoms with Crippen LogP contribution in [-0.2, 0) is 0 Å². The Morgan fingerprint density at radius 3 is 1.23 bits per heavy atom. The van der Waals surface area contributed by atoms with Gasteiger partial charge in [0.15, 0.2) is 0 Å². The molecule has 61 heavy (non-hydrogen) atoms. The molecule has 288 valence electrons. The van der Waals surface area contributed by atoms with Crippen LogP contribution in [0.1, 0.15) is 0 Å². The molecule has 11 aromatic rings. The van der Waals surface area contributed by atoms with Crippen molar-refractivity contribution in [1.82, 2.24) is 0 Å². The minimum Gasteiger partial charge on any atom is -0.456 e. The molecular formula is C58H40N2O. The number of hydrogen-bond donors (Lipinski definition) is 0. The maximum Gasteiger partial charge on any atom is 0.135 e. The van der Waals surface area contributed by atoms with Gasteiger partial charge in [-0.25, -0.2) is 0 Å². The quantitative estimate of drug-likeness (QED) is 0.145. The molecular weight excluding hydrogens is 741 g/mol. The highest BCUT2D eigenvalue weighted by Crippen LogP contribution is 2.41. The van der Waals surface area contributed by atoms with Crippen molar-refractivity contribution in [3.8, 4) is 33.4 Å². The summed E-state index contributed by atoms with van der Waals surface area (Å²) in [6.45, 7) is 0. The van der Waals surface area contributed by atoms with Gasteiger partial charge in [0.25, 0.3) is 0 Å². The number of nitrogens with zero attached hydrogens (tertiary/aromatic N) is 2. The van der Waals surface area contributed by atoms with Crippen LogP contribution in [0, 0.1) is 0 Å². The molecule has 0 fully saturated rings. The van der Waals surface area contributed by atoms with Crippen LogP contribution in [-0.4, -0.2) is 0 Å². The molecule has 3 heteroatoms. The lowest BCUT2D eigenvalue weighted by Crippen LogP contribution is -2.09. The Labute approximate surface area is 355 Å². The maximum absolute atomic E-state index is 6.19. The summed E-state index contributed by atoms with van der Waals surface area (Å²) in [7, 11) is 0. The van der Waals surface area contributed by atoms with E-state index in [1.165, 1.54) is 21.9 Å². The molecule has 0 atom stereocenters. The van der Waals surface area contributed by atoms with Crippen LogP contribution in [0.4, 0.5) is 34.1 Å². The number of anilines is 6. The molecule has 0 saturated heterocycles. The zero-order valence-electron chi connectivity index (χ0n) is 33.4. The molecule has 0 amide bonds. The van der Waals surface area contributed by atoms with E-state index in [2.05, 4.69) is 240 Å². The molecule has 0 N–H and O–H groups in total. The average Bonchev–Trinajstić information content (AvgIpc) is 3.71. The van der Waals surface area contributed by atoms with E-state index in [9.17, 15) is 0 Å². The van der Waals surface area contributed by atoms with Crippen LogP contribution in [0.3, 0.4) is 0 Å². The summed E-state index contributed by atoms with van der Waals surface area (Å²) in [6, 6.07) is 86.7. The third kappa shape index (κ3) is 6.98. The van der Waals surface area contributed by atoms with Crippen LogP contribution in [0.25, 0.3) is 66.1 Å². The third-order valence-electron chi connectivity index (χ3n) is 11.6. The number of rotatable bonds is 9. The Morgan fingerprint density at radius 1 is 0.230 bits per heavy atom. The molecule has 11 rings (SSSR count). The van der Waals surface area contributed by atoms with Gasteiger partial charge in [0.05, 0.1) is 0 Å². The number of fused-ring (bicyclic) bond motifs is 4. The summed E-state index contributed by atoms with van der Waals surface area (Å²) in [4.78, 5) is 4.65. The molecule has 10 aromatic carbocycles. The molecule has 0 saturated carbocycles. The third-order valence-corrected chi connectivity index (χ3v) is 11.6. The Balaban J connectivity index is 0.972. The molecule has 0 radical (unpaired) electrons. The smallest absolute Gasteiger partial charge is 0.135 e. The Hall–Kier alpha value is -8.14. The van der Waals surface area contributed by atoms with E-state index in [-0.39, 0.29) is 0 Å². The van der Waals surface area contributed by atoms with Crippen molar-refractivity contribution in [3.05, 3.63) is 243 Å². The largest absolute Gasteiger partial charge is 0.456 e. The van der Waals surface area contributed by atoms with Gasteiger partial charge in [-0.15, -0.1) is 0 Å². The second-order valence-corrected chi connectivity index (χ2v) is 15.4. The van der Waals surface area contributed by atoms with E-state index in [0.717, 1.165) is 78.3 Å². The van der Waals surface area contributed by atoms with Crippen molar-refractivity contribution < 1.29 is 4.42 Å². The fourth-order valence-corrected chi connectivity index (χ4v) is 8.58. The molecule has 3 nitrogen and oxygen atoms in total. The Bertz CT molecular complexity index is 3280. The van der Waals surface area contributed by atoms with Crippen molar-refractivity contribution in [2.24, 2.45) is 0 Å². The van der Waals surface area contributed by atoms with Crippen LogP contribution >= 0.6 is 0 Å². The summed E-state index contributed by atoms with van der Waals surface area (Å²) < 4.78 is 6.19. The summed E-state index contributed by atoms with van der Waals surface area (Å²) in [5.74, 6) is 0. The van der Waals surface area contributed by atoms with Crippen molar-refractivity contribution >= 4 is 66.8 Å². The van der Waals surface area contributed by atoms with E-state index < -0.39 is 0 Å². The van der Waals surface area contributed by atoms with Gasteiger partial charge in [-0.1, -0.05) is 140 Å². The highest BCUT2D eigenvalue weighted by Gasteiger charge is 2.17. The van der Waals surface area contributed by atoms with E-state index >= 15 is 0 Å². The number of hydrogen-bond acceptors (Lipinski definition) is 3. The van der Waals surface area contributed by atoms with E-state index in [4.69, 9.17) is 4.42 Å². The highest BCUT2D eigenvalue weighted by atomic mass is 16.3. The molecule has 0 aliphatic rings. The van der Waals surface area contributed by atoms with Crippen molar-refractivity contribution in [2.45, 2.75) is 0 Å². The summed E-state index contributed by atoms with van der Waals surface area (Å²) in [6.07, 6.45) is 0. The zero-order valence-corrected chi connectivity index (χ0v) is 33.4. The van der Waals surface area contributed by atoms with Gasteiger partial charge in [-0.3, -0.25) is 0 Å². The van der Waals surface area contributed by atoms with Crippen molar-refractivity contribution in [1.29, 1.82) is 0 Å². The van der Waals surface area contributed by atoms with Crippen molar-refractivity contribution in [2.75, 3.05) is 9.80 Å². The molecule has 0 spiro atoms. The van der Waals surface area contributed by atoms with E-state index in [0.29, 0.717) is 0 Å². The predicted molar refractivity (Wildman–Crippen MR) is 257 cm³/mol. The highest BCUT2D eigenvalue weighted by molar-refractivity contribution is 6.06. The van der Waals surface area contributed by atoms with Crippen LogP contribution < -0.4 is 9.80 Å². The van der Waals surface area contributed by atoms with E-state index in [1.807, 2.05) is 12.1 Å². The second-order valence-electron chi connectivity index (χ2n) is 15.4. The maximum atomic E-state index is 6.19. The van der Waals surface area contributed by atoms with Crippen LogP contribution in [0.2, 0.25) is 0 Å². The first-order valence-corrected chi connectivity index (χ1v) is 20.7. The molecule has 0 unspecified atom stereocenters. The van der Waals surface area contributed by atoms with E-state index in [1.54, 1.807) is 0 Å². The zero-order chi connectivity index (χ0) is 40.5. The minimum absolute atomic E-state index is 0.885. The van der Waals surface area contributed by atoms with Crippen molar-refractivity contribution in [3.63, 3.8) is 0 Å². The number of benzene rings is 10. The monoisotopic (exact) mass is 780 g/mol. The Morgan fingerprint density at radius 2 is 0.639 bits per heavy atom. The predicted octanol–water partition coefficient (Wildman–Crippen LogP) is 16.7. The van der Waals surface area contributed by atoms with Gasteiger partial charge in [0, 0.05) is 44.9 Å². The Kier molecular flexibility index (Phi) is 9.18. The average molecular weight is 781 g/mol. The molecule has 1 heterocycles. The first kappa shape index (κ1) is 36.0. The SMILES string of the molecule is c1ccc(-c2cc(-c3ccc(N(c4ccccc4)c4ccc5ccccc5c4)cc3)cc(-c3ccc(N(c4ccccc4)c4ccc5oc6ccccc6c5c4)cc3)c2)cc1. The lowest BCUT2D eigenvalue weighted by Gasteiger charge is -2.26. The fraction of sp³-hybridized carbons (Fsp3) is 0. The normalized spacial score (nSPS) is 11.3. The van der Waals surface area contributed by atoms with Crippen LogP contribution in [0.15, 0.2) is 247 Å². The summed E-state index contributed by atoms with van der Waals surface area (Å²) in [5.41, 5.74) is 15.3. The fourth-order valence-electron chi connectivity index (χ4n) is 8.58. The first-order valence-electron chi connectivity index (χ1n) is 20.7. The standard InChI is InChI=1S/C58H40N2O/c1-4-14-41(15-5-1)46-36-47(43-24-29-51(30-25-43)59(49-18-6-2-7-19-49)53-33-28-42-16-10-11-17-45(42)39-53)38-48(37-46)44-26-31-52(32-27-44)60(50-20-8-3-9-21-50)54-34-35-58-56(40-54)55-22-12-13-23-57(55)61-58/h1-40H. The van der Waals surface area contributed by atoms with Gasteiger partial charge in [-0.2, -0.15) is 0 Å².